The van der Waals surface area contributed by atoms with Crippen LogP contribution in [0.3, 0.4) is 0 Å². The van der Waals surface area contributed by atoms with Gasteiger partial charge in [-0.15, -0.1) is 0 Å². The topological polar surface area (TPSA) is 49.4 Å². The minimum atomic E-state index is -0.393. The van der Waals surface area contributed by atoms with Gasteiger partial charge in [-0.05, 0) is 30.2 Å². The van der Waals surface area contributed by atoms with Crippen molar-refractivity contribution in [2.24, 2.45) is 5.92 Å². The van der Waals surface area contributed by atoms with E-state index in [1.165, 1.54) is 11.3 Å². The molecule has 0 spiro atoms. The monoisotopic (exact) mass is 280 g/mol. The maximum absolute atomic E-state index is 12.6. The first-order chi connectivity index (χ1) is 9.04. The summed E-state index contributed by atoms with van der Waals surface area (Å²) in [6.07, 6.45) is 1.31. The number of carbonyl (C=O) groups excluding carboxylic acids is 2. The van der Waals surface area contributed by atoms with Crippen LogP contribution in [0.25, 0.3) is 0 Å². The number of carbonyl (C=O) groups is 2. The van der Waals surface area contributed by atoms with Crippen molar-refractivity contribution in [2.45, 2.75) is 45.7 Å². The number of nitrogens with zero attached hydrogens (tertiary/aromatic N) is 1. The average Bonchev–Trinajstić information content (AvgIpc) is 2.85. The molecule has 1 aromatic rings. The number of thiophene rings is 1. The lowest BCUT2D eigenvalue weighted by molar-refractivity contribution is -0.134. The van der Waals surface area contributed by atoms with Crippen molar-refractivity contribution in [3.05, 3.63) is 16.8 Å². The van der Waals surface area contributed by atoms with Gasteiger partial charge in [0.25, 0.3) is 0 Å². The van der Waals surface area contributed by atoms with Gasteiger partial charge in [-0.3, -0.25) is 14.5 Å². The molecule has 2 amide bonds. The number of hydrogen-bond donors (Lipinski definition) is 1. The molecule has 0 aromatic carbocycles. The lowest BCUT2D eigenvalue weighted by Crippen LogP contribution is -2.63. The first kappa shape index (κ1) is 14.1. The molecule has 0 bridgehead atoms. The molecule has 5 heteroatoms. The van der Waals surface area contributed by atoms with Gasteiger partial charge >= 0.3 is 0 Å². The summed E-state index contributed by atoms with van der Waals surface area (Å²) in [5.41, 5.74) is 0.838. The van der Waals surface area contributed by atoms with E-state index in [-0.39, 0.29) is 17.9 Å². The second kappa shape index (κ2) is 5.74. The highest BCUT2D eigenvalue weighted by Gasteiger charge is 2.40. The molecule has 2 atom stereocenters. The molecular formula is C14H20N2O2S. The SMILES string of the molecule is CCC1C(=O)NC(CC(C)C)C(=O)N1c1ccsc1. The van der Waals surface area contributed by atoms with E-state index in [9.17, 15) is 9.59 Å². The van der Waals surface area contributed by atoms with E-state index < -0.39 is 6.04 Å². The van der Waals surface area contributed by atoms with Crippen molar-refractivity contribution in [3.8, 4) is 0 Å². The number of hydrogen-bond acceptors (Lipinski definition) is 3. The summed E-state index contributed by atoms with van der Waals surface area (Å²) in [4.78, 5) is 26.4. The van der Waals surface area contributed by atoms with Crippen molar-refractivity contribution in [2.75, 3.05) is 4.90 Å². The third kappa shape index (κ3) is 2.81. The highest BCUT2D eigenvalue weighted by molar-refractivity contribution is 7.08. The summed E-state index contributed by atoms with van der Waals surface area (Å²) in [5.74, 6) is 0.342. The Morgan fingerprint density at radius 2 is 2.16 bits per heavy atom. The van der Waals surface area contributed by atoms with Gasteiger partial charge in [0, 0.05) is 5.38 Å². The summed E-state index contributed by atoms with van der Waals surface area (Å²) in [5, 5.41) is 6.72. The lowest BCUT2D eigenvalue weighted by Gasteiger charge is -2.38. The lowest BCUT2D eigenvalue weighted by atomic mass is 9.97. The second-order valence-corrected chi connectivity index (χ2v) is 6.08. The predicted molar refractivity (Wildman–Crippen MR) is 77.3 cm³/mol. The van der Waals surface area contributed by atoms with Crippen LogP contribution in [0.5, 0.6) is 0 Å². The van der Waals surface area contributed by atoms with Gasteiger partial charge in [-0.25, -0.2) is 0 Å². The van der Waals surface area contributed by atoms with Gasteiger partial charge in [-0.1, -0.05) is 20.8 Å². The maximum Gasteiger partial charge on any atom is 0.250 e. The van der Waals surface area contributed by atoms with E-state index in [1.54, 1.807) is 4.90 Å². The average molecular weight is 280 g/mol. The Labute approximate surface area is 117 Å². The van der Waals surface area contributed by atoms with Crippen LogP contribution in [0.2, 0.25) is 0 Å². The standard InChI is InChI=1S/C14H20N2O2S/c1-4-12-13(17)15-11(7-9(2)3)14(18)16(12)10-5-6-19-8-10/h5-6,8-9,11-12H,4,7H2,1-3H3,(H,15,17). The summed E-state index contributed by atoms with van der Waals surface area (Å²) in [7, 11) is 0. The Morgan fingerprint density at radius 1 is 1.42 bits per heavy atom. The highest BCUT2D eigenvalue weighted by atomic mass is 32.1. The fourth-order valence-corrected chi connectivity index (χ4v) is 3.10. The molecule has 0 saturated carbocycles. The fraction of sp³-hybridized carbons (Fsp3) is 0.571. The molecule has 2 unspecified atom stereocenters. The Balaban J connectivity index is 2.29. The minimum absolute atomic E-state index is 0.0125. The van der Waals surface area contributed by atoms with Crippen LogP contribution >= 0.6 is 11.3 Å². The van der Waals surface area contributed by atoms with Crippen LogP contribution in [-0.4, -0.2) is 23.9 Å². The second-order valence-electron chi connectivity index (χ2n) is 5.30. The molecule has 0 aliphatic carbocycles. The number of rotatable bonds is 4. The van der Waals surface area contributed by atoms with Gasteiger partial charge < -0.3 is 5.32 Å². The molecule has 1 fully saturated rings. The zero-order chi connectivity index (χ0) is 14.0. The Hall–Kier alpha value is -1.36. The van der Waals surface area contributed by atoms with Crippen LogP contribution < -0.4 is 10.2 Å². The first-order valence-electron chi connectivity index (χ1n) is 6.70. The van der Waals surface area contributed by atoms with Crippen LogP contribution in [-0.2, 0) is 9.59 Å². The minimum Gasteiger partial charge on any atom is -0.342 e. The Kier molecular flexibility index (Phi) is 4.24. The summed E-state index contributed by atoms with van der Waals surface area (Å²) >= 11 is 1.54. The molecule has 4 nitrogen and oxygen atoms in total. The molecule has 1 aliphatic rings. The van der Waals surface area contributed by atoms with E-state index in [0.717, 1.165) is 5.69 Å². The Bertz CT molecular complexity index is 456. The molecule has 104 valence electrons. The van der Waals surface area contributed by atoms with Gasteiger partial charge in [0.15, 0.2) is 0 Å². The smallest absolute Gasteiger partial charge is 0.250 e. The highest BCUT2D eigenvalue weighted by Crippen LogP contribution is 2.26. The molecule has 1 saturated heterocycles. The molecule has 1 aromatic heterocycles. The molecule has 2 heterocycles. The molecule has 2 rings (SSSR count). The van der Waals surface area contributed by atoms with Gasteiger partial charge in [0.1, 0.15) is 12.1 Å². The number of nitrogens with one attached hydrogen (secondary N) is 1. The summed E-state index contributed by atoms with van der Waals surface area (Å²) < 4.78 is 0. The van der Waals surface area contributed by atoms with E-state index in [1.807, 2.05) is 23.8 Å². The molecular weight excluding hydrogens is 260 g/mol. The van der Waals surface area contributed by atoms with Gasteiger partial charge in [0.05, 0.1) is 5.69 Å². The van der Waals surface area contributed by atoms with Crippen LogP contribution in [0.4, 0.5) is 5.69 Å². The predicted octanol–water partition coefficient (Wildman–Crippen LogP) is 2.40. The van der Waals surface area contributed by atoms with E-state index >= 15 is 0 Å². The quantitative estimate of drug-likeness (QED) is 0.920. The fourth-order valence-electron chi connectivity index (χ4n) is 2.47. The van der Waals surface area contributed by atoms with Crippen molar-refractivity contribution in [1.29, 1.82) is 0 Å². The number of amides is 2. The number of piperazine rings is 1. The summed E-state index contributed by atoms with van der Waals surface area (Å²) in [6, 6.07) is 1.12. The zero-order valence-electron chi connectivity index (χ0n) is 11.6. The van der Waals surface area contributed by atoms with E-state index in [2.05, 4.69) is 19.2 Å². The van der Waals surface area contributed by atoms with Crippen LogP contribution in [0.1, 0.15) is 33.6 Å². The molecule has 1 N–H and O–H groups in total. The Morgan fingerprint density at radius 3 is 2.68 bits per heavy atom. The number of anilines is 1. The largest absolute Gasteiger partial charge is 0.342 e. The molecule has 0 radical (unpaired) electrons. The normalized spacial score (nSPS) is 23.9. The van der Waals surface area contributed by atoms with Gasteiger partial charge in [0.2, 0.25) is 11.8 Å². The van der Waals surface area contributed by atoms with Crippen molar-refractivity contribution < 1.29 is 9.59 Å². The maximum atomic E-state index is 12.6. The van der Waals surface area contributed by atoms with E-state index in [4.69, 9.17) is 0 Å². The van der Waals surface area contributed by atoms with Crippen LogP contribution in [0.15, 0.2) is 16.8 Å². The molecule has 1 aliphatic heterocycles. The first-order valence-corrected chi connectivity index (χ1v) is 7.64. The van der Waals surface area contributed by atoms with Crippen molar-refractivity contribution in [3.63, 3.8) is 0 Å². The van der Waals surface area contributed by atoms with Crippen molar-refractivity contribution >= 4 is 28.8 Å². The van der Waals surface area contributed by atoms with E-state index in [0.29, 0.717) is 18.8 Å². The summed E-state index contributed by atoms with van der Waals surface area (Å²) in [6.45, 7) is 6.04. The van der Waals surface area contributed by atoms with Gasteiger partial charge in [-0.2, -0.15) is 11.3 Å². The molecule has 19 heavy (non-hydrogen) atoms. The third-order valence-electron chi connectivity index (χ3n) is 3.34. The van der Waals surface area contributed by atoms with Crippen LogP contribution in [0, 0.1) is 5.92 Å². The zero-order valence-corrected chi connectivity index (χ0v) is 12.4. The van der Waals surface area contributed by atoms with Crippen molar-refractivity contribution in [1.82, 2.24) is 5.32 Å². The third-order valence-corrected chi connectivity index (χ3v) is 4.02.